The molecule has 6 nitrogen and oxygen atoms in total. The molecule has 0 radical (unpaired) electrons. The Kier molecular flexibility index (Phi) is 3.66. The van der Waals surface area contributed by atoms with Crippen LogP contribution in [0, 0.1) is 23.2 Å². The number of morpholine rings is 1. The van der Waals surface area contributed by atoms with Gasteiger partial charge in [0.05, 0.1) is 13.2 Å². The normalized spacial score (nSPS) is 42.2. The summed E-state index contributed by atoms with van der Waals surface area (Å²) in [5.41, 5.74) is 3.41. The summed E-state index contributed by atoms with van der Waals surface area (Å²) >= 11 is 0. The van der Waals surface area contributed by atoms with Crippen molar-refractivity contribution in [3.05, 3.63) is 0 Å². The molecule has 1 atom stereocenters. The smallest absolute Gasteiger partial charge is 0.247 e. The minimum Gasteiger partial charge on any atom is -0.378 e. The van der Waals surface area contributed by atoms with Gasteiger partial charge in [-0.2, -0.15) is 5.10 Å². The molecule has 1 saturated heterocycles. The van der Waals surface area contributed by atoms with E-state index in [4.69, 9.17) is 4.74 Å². The molecule has 1 N–H and O–H groups in total. The van der Waals surface area contributed by atoms with Crippen LogP contribution in [0.1, 0.15) is 44.9 Å². The Morgan fingerprint density at radius 1 is 1.04 bits per heavy atom. The molecule has 2 aliphatic heterocycles. The van der Waals surface area contributed by atoms with Gasteiger partial charge in [-0.1, -0.05) is 0 Å². The van der Waals surface area contributed by atoms with E-state index in [-0.39, 0.29) is 23.1 Å². The highest BCUT2D eigenvalue weighted by molar-refractivity contribution is 6.42. The average molecular weight is 345 g/mol. The SMILES string of the molecule is O=C(C1CC(C(=O)C23CC4CC(CC(C4)C2)C3)=NN1)N1CCOCC1. The van der Waals surface area contributed by atoms with Crippen molar-refractivity contribution in [2.75, 3.05) is 26.3 Å². The first-order valence-corrected chi connectivity index (χ1v) is 9.86. The summed E-state index contributed by atoms with van der Waals surface area (Å²) < 4.78 is 5.31. The molecule has 25 heavy (non-hydrogen) atoms. The molecule has 6 rings (SSSR count). The number of hydrogen-bond donors (Lipinski definition) is 1. The van der Waals surface area contributed by atoms with E-state index in [0.717, 1.165) is 37.0 Å². The van der Waals surface area contributed by atoms with Crippen LogP contribution in [-0.4, -0.2) is 54.6 Å². The highest BCUT2D eigenvalue weighted by Gasteiger charge is 2.55. The topological polar surface area (TPSA) is 71.0 Å². The van der Waals surface area contributed by atoms with Crippen LogP contribution < -0.4 is 5.43 Å². The number of hydrazone groups is 1. The van der Waals surface area contributed by atoms with E-state index in [1.165, 1.54) is 19.3 Å². The van der Waals surface area contributed by atoms with Gasteiger partial charge in [-0.15, -0.1) is 0 Å². The maximum absolute atomic E-state index is 13.3. The molecule has 1 unspecified atom stereocenters. The molecule has 4 saturated carbocycles. The second kappa shape index (κ2) is 5.79. The van der Waals surface area contributed by atoms with Crippen molar-refractivity contribution >= 4 is 17.4 Å². The summed E-state index contributed by atoms with van der Waals surface area (Å²) in [6.07, 6.45) is 7.60. The molecule has 136 valence electrons. The van der Waals surface area contributed by atoms with E-state index in [1.807, 2.05) is 4.90 Å². The molecule has 5 fully saturated rings. The number of carbonyl (C=O) groups excluding carboxylic acids is 2. The molecule has 2 heterocycles. The van der Waals surface area contributed by atoms with Gasteiger partial charge in [-0.05, 0) is 56.3 Å². The van der Waals surface area contributed by atoms with Gasteiger partial charge in [0.15, 0.2) is 5.78 Å². The summed E-state index contributed by atoms with van der Waals surface area (Å²) in [7, 11) is 0. The number of nitrogens with one attached hydrogen (secondary N) is 1. The van der Waals surface area contributed by atoms with Crippen LogP contribution in [0.2, 0.25) is 0 Å². The van der Waals surface area contributed by atoms with Gasteiger partial charge in [-0.3, -0.25) is 15.0 Å². The Hall–Kier alpha value is -1.43. The van der Waals surface area contributed by atoms with E-state index in [1.54, 1.807) is 0 Å². The van der Waals surface area contributed by atoms with Crippen LogP contribution >= 0.6 is 0 Å². The number of hydrogen-bond acceptors (Lipinski definition) is 5. The zero-order valence-corrected chi connectivity index (χ0v) is 14.7. The molecule has 6 aliphatic rings. The Labute approximate surface area is 148 Å². The lowest BCUT2D eigenvalue weighted by atomic mass is 9.48. The molecule has 4 bridgehead atoms. The van der Waals surface area contributed by atoms with Crippen LogP contribution in [-0.2, 0) is 14.3 Å². The number of Topliss-reactive ketones (excluding diaryl/α,β-unsaturated/α-hetero) is 1. The van der Waals surface area contributed by atoms with Crippen molar-refractivity contribution in [3.8, 4) is 0 Å². The van der Waals surface area contributed by atoms with E-state index in [9.17, 15) is 9.59 Å². The average Bonchev–Trinajstić information content (AvgIpc) is 3.10. The summed E-state index contributed by atoms with van der Waals surface area (Å²) in [6, 6.07) is -0.369. The predicted octanol–water partition coefficient (Wildman–Crippen LogP) is 1.35. The van der Waals surface area contributed by atoms with Gasteiger partial charge < -0.3 is 9.64 Å². The fourth-order valence-electron chi connectivity index (χ4n) is 6.43. The largest absolute Gasteiger partial charge is 0.378 e. The monoisotopic (exact) mass is 345 g/mol. The summed E-state index contributed by atoms with van der Waals surface area (Å²) in [5, 5.41) is 4.33. The highest BCUT2D eigenvalue weighted by Crippen LogP contribution is 2.60. The minimum atomic E-state index is -0.369. The zero-order valence-electron chi connectivity index (χ0n) is 14.7. The van der Waals surface area contributed by atoms with Crippen molar-refractivity contribution in [2.24, 2.45) is 28.3 Å². The van der Waals surface area contributed by atoms with Crippen LogP contribution in [0.25, 0.3) is 0 Å². The first-order chi connectivity index (χ1) is 12.1. The molecule has 0 aromatic heterocycles. The number of rotatable bonds is 3. The van der Waals surface area contributed by atoms with Gasteiger partial charge in [0.25, 0.3) is 0 Å². The van der Waals surface area contributed by atoms with Crippen LogP contribution in [0.3, 0.4) is 0 Å². The van der Waals surface area contributed by atoms with Gasteiger partial charge in [0.2, 0.25) is 5.91 Å². The van der Waals surface area contributed by atoms with Crippen molar-refractivity contribution < 1.29 is 14.3 Å². The fraction of sp³-hybridized carbons (Fsp3) is 0.842. The number of amides is 1. The Balaban J connectivity index is 1.27. The maximum Gasteiger partial charge on any atom is 0.247 e. The third-order valence-electron chi connectivity index (χ3n) is 7.16. The van der Waals surface area contributed by atoms with E-state index in [0.29, 0.717) is 38.4 Å². The number of ketones is 1. The Morgan fingerprint density at radius 3 is 2.24 bits per heavy atom. The van der Waals surface area contributed by atoms with Crippen molar-refractivity contribution in [3.63, 3.8) is 0 Å². The quantitative estimate of drug-likeness (QED) is 0.838. The standard InChI is InChI=1S/C19H27N3O3/c23-17(19-9-12-5-13(10-19)7-14(6-12)11-19)15-8-16(21-20-15)18(24)22-1-3-25-4-2-22/h12-14,16,21H,1-11H2. The first-order valence-electron chi connectivity index (χ1n) is 9.86. The van der Waals surface area contributed by atoms with Crippen LogP contribution in [0.15, 0.2) is 5.10 Å². The molecular formula is C19H27N3O3. The lowest BCUT2D eigenvalue weighted by Gasteiger charge is -2.55. The molecule has 0 aromatic rings. The molecular weight excluding hydrogens is 318 g/mol. The maximum atomic E-state index is 13.3. The van der Waals surface area contributed by atoms with Gasteiger partial charge >= 0.3 is 0 Å². The fourth-order valence-corrected chi connectivity index (χ4v) is 6.43. The highest BCUT2D eigenvalue weighted by atomic mass is 16.5. The van der Waals surface area contributed by atoms with Crippen LogP contribution in [0.5, 0.6) is 0 Å². The molecule has 4 aliphatic carbocycles. The van der Waals surface area contributed by atoms with E-state index in [2.05, 4.69) is 10.5 Å². The zero-order chi connectivity index (χ0) is 17.0. The lowest BCUT2D eigenvalue weighted by molar-refractivity contribution is -0.137. The number of carbonyl (C=O) groups is 2. The van der Waals surface area contributed by atoms with E-state index >= 15 is 0 Å². The second-order valence-electron chi connectivity index (χ2n) is 8.91. The van der Waals surface area contributed by atoms with Gasteiger partial charge in [0, 0.05) is 24.9 Å². The Bertz CT molecular complexity index is 588. The third kappa shape index (κ3) is 2.60. The summed E-state index contributed by atoms with van der Waals surface area (Å²) in [6.45, 7) is 2.46. The molecule has 1 amide bonds. The van der Waals surface area contributed by atoms with Crippen LogP contribution in [0.4, 0.5) is 0 Å². The van der Waals surface area contributed by atoms with Gasteiger partial charge in [0.1, 0.15) is 11.8 Å². The van der Waals surface area contributed by atoms with Crippen molar-refractivity contribution in [1.82, 2.24) is 10.3 Å². The van der Waals surface area contributed by atoms with E-state index < -0.39 is 0 Å². The van der Waals surface area contributed by atoms with Crippen molar-refractivity contribution in [1.29, 1.82) is 0 Å². The number of nitrogens with zero attached hydrogens (tertiary/aromatic N) is 2. The van der Waals surface area contributed by atoms with Crippen molar-refractivity contribution in [2.45, 2.75) is 51.0 Å². The first kappa shape index (κ1) is 15.8. The second-order valence-corrected chi connectivity index (χ2v) is 8.91. The molecule has 0 spiro atoms. The number of ether oxygens (including phenoxy) is 1. The minimum absolute atomic E-state index is 0.0559. The van der Waals surface area contributed by atoms with Gasteiger partial charge in [-0.25, -0.2) is 0 Å². The third-order valence-corrected chi connectivity index (χ3v) is 7.16. The lowest BCUT2D eigenvalue weighted by Crippen LogP contribution is -2.52. The Morgan fingerprint density at radius 2 is 1.64 bits per heavy atom. The molecule has 0 aromatic carbocycles. The molecule has 6 heteroatoms. The predicted molar refractivity (Wildman–Crippen MR) is 92.0 cm³/mol. The summed E-state index contributed by atoms with van der Waals surface area (Å²) in [5.74, 6) is 2.54. The summed E-state index contributed by atoms with van der Waals surface area (Å²) in [4.78, 5) is 27.8.